The van der Waals surface area contributed by atoms with Crippen LogP contribution in [0.4, 0.5) is 5.69 Å². The van der Waals surface area contributed by atoms with Crippen LogP contribution < -0.4 is 11.2 Å². The fourth-order valence-electron chi connectivity index (χ4n) is 2.45. The minimum absolute atomic E-state index is 0.114. The first-order valence-electron chi connectivity index (χ1n) is 7.92. The van der Waals surface area contributed by atoms with Gasteiger partial charge in [-0.15, -0.1) is 22.0 Å². The molecule has 0 bridgehead atoms. The van der Waals surface area contributed by atoms with Crippen molar-refractivity contribution in [1.29, 1.82) is 0 Å². The molecule has 3 rings (SSSR count). The zero-order valence-electron chi connectivity index (χ0n) is 14.5. The zero-order chi connectivity index (χ0) is 18.5. The number of anilines is 1. The highest BCUT2D eigenvalue weighted by atomic mass is 32.2. The largest absolute Gasteiger partial charge is 0.335 e. The van der Waals surface area contributed by atoms with Gasteiger partial charge >= 0.3 is 0 Å². The zero-order valence-corrected chi connectivity index (χ0v) is 16.1. The number of carbonyl (C=O) groups excluding carboxylic acids is 1. The van der Waals surface area contributed by atoms with Crippen molar-refractivity contribution in [3.05, 3.63) is 54.1 Å². The second kappa shape index (κ2) is 8.29. The molecule has 0 fully saturated rings. The van der Waals surface area contributed by atoms with Gasteiger partial charge in [0.15, 0.2) is 5.82 Å². The SMILES string of the molecule is CSc1ccccc1NC(=O)CSc1nnc(-c2ccccc2C)n1N. The van der Waals surface area contributed by atoms with E-state index >= 15 is 0 Å². The fraction of sp³-hybridized carbons (Fsp3) is 0.167. The van der Waals surface area contributed by atoms with Crippen LogP contribution in [0.3, 0.4) is 0 Å². The van der Waals surface area contributed by atoms with Crippen LogP contribution >= 0.6 is 23.5 Å². The molecule has 1 heterocycles. The van der Waals surface area contributed by atoms with E-state index in [4.69, 9.17) is 5.84 Å². The molecule has 134 valence electrons. The average Bonchev–Trinajstić information content (AvgIpc) is 3.01. The van der Waals surface area contributed by atoms with Crippen LogP contribution in [0.1, 0.15) is 5.56 Å². The summed E-state index contributed by atoms with van der Waals surface area (Å²) in [4.78, 5) is 13.3. The maximum absolute atomic E-state index is 12.3. The normalized spacial score (nSPS) is 10.7. The molecule has 0 saturated heterocycles. The van der Waals surface area contributed by atoms with Gasteiger partial charge in [0.1, 0.15) is 0 Å². The summed E-state index contributed by atoms with van der Waals surface area (Å²) in [6.07, 6.45) is 1.98. The molecule has 1 aromatic heterocycles. The summed E-state index contributed by atoms with van der Waals surface area (Å²) >= 11 is 2.84. The first kappa shape index (κ1) is 18.3. The van der Waals surface area contributed by atoms with Crippen molar-refractivity contribution in [3.63, 3.8) is 0 Å². The summed E-state index contributed by atoms with van der Waals surface area (Å²) in [5, 5.41) is 11.7. The average molecular weight is 386 g/mol. The first-order chi connectivity index (χ1) is 12.6. The molecule has 3 aromatic rings. The Labute approximate surface area is 160 Å². The molecular weight excluding hydrogens is 366 g/mol. The van der Waals surface area contributed by atoms with E-state index in [-0.39, 0.29) is 11.7 Å². The molecule has 26 heavy (non-hydrogen) atoms. The number of carbonyl (C=O) groups is 1. The van der Waals surface area contributed by atoms with E-state index in [1.165, 1.54) is 16.4 Å². The van der Waals surface area contributed by atoms with E-state index in [1.807, 2.05) is 61.7 Å². The fourth-order valence-corrected chi connectivity index (χ4v) is 3.66. The second-order valence-electron chi connectivity index (χ2n) is 5.53. The Kier molecular flexibility index (Phi) is 5.85. The number of nitrogen functional groups attached to an aromatic ring is 1. The monoisotopic (exact) mass is 385 g/mol. The topological polar surface area (TPSA) is 85.8 Å². The number of amides is 1. The summed E-state index contributed by atoms with van der Waals surface area (Å²) in [6.45, 7) is 1.99. The highest BCUT2D eigenvalue weighted by molar-refractivity contribution is 7.99. The molecule has 2 aromatic carbocycles. The number of hydrogen-bond acceptors (Lipinski definition) is 6. The van der Waals surface area contributed by atoms with E-state index in [2.05, 4.69) is 15.5 Å². The number of nitrogens with zero attached hydrogens (tertiary/aromatic N) is 3. The number of rotatable bonds is 6. The lowest BCUT2D eigenvalue weighted by Gasteiger charge is -2.09. The maximum Gasteiger partial charge on any atom is 0.234 e. The summed E-state index contributed by atoms with van der Waals surface area (Å²) < 4.78 is 1.43. The Morgan fingerprint density at radius 3 is 2.65 bits per heavy atom. The third-order valence-corrected chi connectivity index (χ3v) is 5.50. The van der Waals surface area contributed by atoms with Crippen LogP contribution in [0.5, 0.6) is 0 Å². The standard InChI is InChI=1S/C18H19N5OS2/c1-12-7-3-4-8-13(12)17-21-22-18(23(17)19)26-11-16(24)20-14-9-5-6-10-15(14)25-2/h3-10H,11,19H2,1-2H3,(H,20,24). The molecule has 0 spiro atoms. The number of thioether (sulfide) groups is 2. The van der Waals surface area contributed by atoms with Crippen molar-refractivity contribution >= 4 is 35.1 Å². The van der Waals surface area contributed by atoms with Gasteiger partial charge < -0.3 is 11.2 Å². The first-order valence-corrected chi connectivity index (χ1v) is 10.1. The summed E-state index contributed by atoms with van der Waals surface area (Å²) in [6, 6.07) is 15.5. The lowest BCUT2D eigenvalue weighted by Crippen LogP contribution is -2.16. The van der Waals surface area contributed by atoms with Gasteiger partial charge in [-0.25, -0.2) is 4.68 Å². The number of nitrogens with one attached hydrogen (secondary N) is 1. The summed E-state index contributed by atoms with van der Waals surface area (Å²) in [5.74, 6) is 6.79. The van der Waals surface area contributed by atoms with Gasteiger partial charge in [-0.05, 0) is 30.9 Å². The van der Waals surface area contributed by atoms with Crippen molar-refractivity contribution in [3.8, 4) is 11.4 Å². The summed E-state index contributed by atoms with van der Waals surface area (Å²) in [5.41, 5.74) is 2.79. The number of nitrogens with two attached hydrogens (primary N) is 1. The van der Waals surface area contributed by atoms with Gasteiger partial charge in [-0.3, -0.25) is 4.79 Å². The van der Waals surface area contributed by atoms with Crippen molar-refractivity contribution in [2.24, 2.45) is 0 Å². The molecule has 1 amide bonds. The van der Waals surface area contributed by atoms with Crippen LogP contribution in [0.2, 0.25) is 0 Å². The predicted molar refractivity (Wildman–Crippen MR) is 108 cm³/mol. The Hall–Kier alpha value is -2.45. The number of benzene rings is 2. The van der Waals surface area contributed by atoms with Gasteiger partial charge in [0.05, 0.1) is 11.4 Å². The minimum Gasteiger partial charge on any atom is -0.335 e. The molecule has 0 atom stereocenters. The van der Waals surface area contributed by atoms with Gasteiger partial charge in [-0.2, -0.15) is 0 Å². The number of para-hydroxylation sites is 1. The van der Waals surface area contributed by atoms with Crippen LogP contribution in [-0.4, -0.2) is 32.8 Å². The number of hydrogen-bond donors (Lipinski definition) is 2. The van der Waals surface area contributed by atoms with Crippen molar-refractivity contribution < 1.29 is 4.79 Å². The highest BCUT2D eigenvalue weighted by Gasteiger charge is 2.15. The summed E-state index contributed by atoms with van der Waals surface area (Å²) in [7, 11) is 0. The van der Waals surface area contributed by atoms with E-state index in [1.54, 1.807) is 11.8 Å². The molecule has 3 N–H and O–H groups in total. The second-order valence-corrected chi connectivity index (χ2v) is 7.32. The van der Waals surface area contributed by atoms with Crippen LogP contribution in [-0.2, 0) is 4.79 Å². The number of aryl methyl sites for hydroxylation is 1. The lowest BCUT2D eigenvalue weighted by atomic mass is 10.1. The van der Waals surface area contributed by atoms with Crippen LogP contribution in [0.25, 0.3) is 11.4 Å². The van der Waals surface area contributed by atoms with Crippen LogP contribution in [0, 0.1) is 6.92 Å². The van der Waals surface area contributed by atoms with Gasteiger partial charge in [0.2, 0.25) is 11.1 Å². The highest BCUT2D eigenvalue weighted by Crippen LogP contribution is 2.26. The van der Waals surface area contributed by atoms with E-state index in [9.17, 15) is 4.79 Å². The third-order valence-electron chi connectivity index (χ3n) is 3.76. The minimum atomic E-state index is -0.114. The molecule has 0 aliphatic heterocycles. The van der Waals surface area contributed by atoms with Gasteiger partial charge in [0, 0.05) is 10.5 Å². The Morgan fingerprint density at radius 2 is 1.88 bits per heavy atom. The molecule has 0 radical (unpaired) electrons. The van der Waals surface area contributed by atoms with Crippen molar-refractivity contribution in [1.82, 2.24) is 14.9 Å². The molecule has 0 aliphatic carbocycles. The lowest BCUT2D eigenvalue weighted by molar-refractivity contribution is -0.113. The molecule has 8 heteroatoms. The van der Waals surface area contributed by atoms with Crippen LogP contribution in [0.15, 0.2) is 58.6 Å². The molecule has 6 nitrogen and oxygen atoms in total. The Bertz CT molecular complexity index is 925. The molecular formula is C18H19N5OS2. The Morgan fingerprint density at radius 1 is 1.15 bits per heavy atom. The quantitative estimate of drug-likeness (QED) is 0.499. The maximum atomic E-state index is 12.3. The molecule has 0 unspecified atom stereocenters. The van der Waals surface area contributed by atoms with Crippen molar-refractivity contribution in [2.75, 3.05) is 23.2 Å². The Balaban J connectivity index is 1.67. The van der Waals surface area contributed by atoms with Gasteiger partial charge in [0.25, 0.3) is 0 Å². The van der Waals surface area contributed by atoms with E-state index < -0.39 is 0 Å². The molecule has 0 saturated carbocycles. The van der Waals surface area contributed by atoms with E-state index in [0.29, 0.717) is 11.0 Å². The van der Waals surface area contributed by atoms with Crippen molar-refractivity contribution in [2.45, 2.75) is 17.0 Å². The van der Waals surface area contributed by atoms with E-state index in [0.717, 1.165) is 21.7 Å². The smallest absolute Gasteiger partial charge is 0.234 e. The third kappa shape index (κ3) is 4.03. The van der Waals surface area contributed by atoms with Gasteiger partial charge in [-0.1, -0.05) is 48.2 Å². The molecule has 0 aliphatic rings. The predicted octanol–water partition coefficient (Wildman–Crippen LogP) is 3.42. The number of aromatic nitrogens is 3.